The first kappa shape index (κ1) is 5.61. The molecule has 5 heteroatoms. The third kappa shape index (κ3) is 0.657. The molecule has 0 fully saturated rings. The molecular weight excluding hydrogens is 152 g/mol. The molecule has 0 amide bonds. The molecule has 2 rings (SSSR count). The maximum absolute atomic E-state index is 5.64. The van der Waals surface area contributed by atoms with Gasteiger partial charge in [-0.1, -0.05) is 11.6 Å². The highest BCUT2D eigenvalue weighted by atomic mass is 35.5. The smallest absolute Gasteiger partial charge is 0.140 e. The average molecular weight is 154 g/mol. The molecule has 4 nitrogen and oxygen atoms in total. The average Bonchev–Trinajstić information content (AvgIpc) is 2.36. The lowest BCUT2D eigenvalue weighted by Gasteiger charge is -1.94. The topological polar surface area (TPSA) is 52.8 Å². The van der Waals surface area contributed by atoms with E-state index in [1.165, 1.54) is 12.7 Å². The Morgan fingerprint density at radius 2 is 2.20 bits per heavy atom. The van der Waals surface area contributed by atoms with Gasteiger partial charge < -0.3 is 15.0 Å². The van der Waals surface area contributed by atoms with Crippen LogP contribution in [0.1, 0.15) is 0 Å². The number of halogens is 1. The second kappa shape index (κ2) is 1.91. The van der Waals surface area contributed by atoms with Crippen LogP contribution in [-0.4, -0.2) is 15.0 Å². The van der Waals surface area contributed by atoms with Gasteiger partial charge in [0.1, 0.15) is 5.15 Å². The zero-order valence-electron chi connectivity index (χ0n) is 4.82. The summed E-state index contributed by atoms with van der Waals surface area (Å²) in [6.07, 6.45) is 2.77. The van der Waals surface area contributed by atoms with Crippen molar-refractivity contribution in [3.63, 3.8) is 0 Å². The molecule has 2 aromatic heterocycles. The maximum Gasteiger partial charge on any atom is 0.140 e. The molecule has 0 aliphatic heterocycles. The van der Waals surface area contributed by atoms with Gasteiger partial charge in [0.2, 0.25) is 0 Å². The summed E-state index contributed by atoms with van der Waals surface area (Å²) in [5, 5.41) is 0.350. The number of imidazole rings is 1. The summed E-state index contributed by atoms with van der Waals surface area (Å²) in [6.45, 7) is 0. The van der Waals surface area contributed by atoms with E-state index in [-0.39, 0.29) is 0 Å². The third-order valence-electron chi connectivity index (χ3n) is 1.13. The minimum atomic E-state index is 0.350. The van der Waals surface area contributed by atoms with Gasteiger partial charge in [-0.15, -0.1) is 0 Å². The van der Waals surface area contributed by atoms with E-state index in [2.05, 4.69) is 19.9 Å². The minimum Gasteiger partial charge on any atom is -0.365 e. The predicted molar refractivity (Wildman–Crippen MR) is 35.7 cm³/mol. The van der Waals surface area contributed by atoms with E-state index in [9.17, 15) is 0 Å². The fourth-order valence-corrected chi connectivity index (χ4v) is 0.873. The van der Waals surface area contributed by atoms with E-state index in [1.54, 1.807) is 0 Å². The molecule has 2 heterocycles. The lowest BCUT2D eigenvalue weighted by Crippen LogP contribution is -1.81. The van der Waals surface area contributed by atoms with Gasteiger partial charge in [-0.3, -0.25) is 0 Å². The van der Waals surface area contributed by atoms with Crippen molar-refractivity contribution in [2.45, 2.75) is 0 Å². The first-order valence-corrected chi connectivity index (χ1v) is 2.99. The van der Waals surface area contributed by atoms with Crippen molar-refractivity contribution >= 4 is 22.8 Å². The van der Waals surface area contributed by atoms with Crippen molar-refractivity contribution in [1.82, 2.24) is 19.9 Å². The Morgan fingerprint density at radius 1 is 1.30 bits per heavy atom. The number of rotatable bonds is 0. The van der Waals surface area contributed by atoms with Gasteiger partial charge in [0, 0.05) is 17.5 Å². The van der Waals surface area contributed by atoms with Gasteiger partial charge in [-0.2, -0.15) is 0 Å². The van der Waals surface area contributed by atoms with Crippen LogP contribution in [-0.2, 0) is 0 Å². The van der Waals surface area contributed by atoms with Gasteiger partial charge in [0.05, 0.1) is 0 Å². The third-order valence-corrected chi connectivity index (χ3v) is 1.40. The van der Waals surface area contributed by atoms with E-state index in [0.29, 0.717) is 16.3 Å². The molecule has 0 saturated heterocycles. The summed E-state index contributed by atoms with van der Waals surface area (Å²) in [5.74, 6) is 0. The number of aromatic nitrogens is 4. The first-order valence-electron chi connectivity index (χ1n) is 2.62. The van der Waals surface area contributed by atoms with Gasteiger partial charge in [0.15, 0.2) is 0 Å². The monoisotopic (exact) mass is 153 g/mol. The number of fused-ring (bicyclic) bond motifs is 1. The van der Waals surface area contributed by atoms with Crippen LogP contribution in [0.15, 0.2) is 12.7 Å². The summed E-state index contributed by atoms with van der Waals surface area (Å²) in [4.78, 5) is 15.2. The van der Waals surface area contributed by atoms with Crippen LogP contribution in [0.2, 0.25) is 5.15 Å². The van der Waals surface area contributed by atoms with Crippen LogP contribution in [0.5, 0.6) is 0 Å². The lowest BCUT2D eigenvalue weighted by molar-refractivity contribution is 1.19. The molecular formula is C5H2ClN4-. The molecule has 50 valence electrons. The number of hydrogen-bond donors (Lipinski definition) is 0. The van der Waals surface area contributed by atoms with E-state index in [1.807, 2.05) is 0 Å². The Bertz CT molecular complexity index is 355. The molecule has 0 aromatic carbocycles. The molecule has 0 aliphatic rings. The van der Waals surface area contributed by atoms with E-state index < -0.39 is 0 Å². The maximum atomic E-state index is 5.64. The molecule has 0 aliphatic carbocycles. The summed E-state index contributed by atoms with van der Waals surface area (Å²) in [5.41, 5.74) is 1.10. The largest absolute Gasteiger partial charge is 0.365 e. The van der Waals surface area contributed by atoms with E-state index in [4.69, 9.17) is 11.6 Å². The Balaban J connectivity index is 2.95. The van der Waals surface area contributed by atoms with Crippen LogP contribution in [0.4, 0.5) is 0 Å². The van der Waals surface area contributed by atoms with E-state index >= 15 is 0 Å². The number of nitrogens with zero attached hydrogens (tertiary/aromatic N) is 4. The molecule has 0 atom stereocenters. The Kier molecular flexibility index (Phi) is 1.07. The van der Waals surface area contributed by atoms with Gasteiger partial charge in [0.25, 0.3) is 0 Å². The van der Waals surface area contributed by atoms with Crippen molar-refractivity contribution in [3.05, 3.63) is 17.8 Å². The van der Waals surface area contributed by atoms with Gasteiger partial charge in [-0.05, 0) is 6.33 Å². The number of hydrogen-bond acceptors (Lipinski definition) is 3. The van der Waals surface area contributed by atoms with Crippen molar-refractivity contribution in [2.75, 3.05) is 0 Å². The van der Waals surface area contributed by atoms with Crippen molar-refractivity contribution in [2.24, 2.45) is 0 Å². The predicted octanol–water partition coefficient (Wildman–Crippen LogP) is 0.635. The highest BCUT2D eigenvalue weighted by molar-refractivity contribution is 6.33. The minimum absolute atomic E-state index is 0.350. The molecule has 0 saturated carbocycles. The second-order valence-corrected chi connectivity index (χ2v) is 2.07. The van der Waals surface area contributed by atoms with Gasteiger partial charge >= 0.3 is 0 Å². The van der Waals surface area contributed by atoms with Crippen molar-refractivity contribution in [3.8, 4) is 0 Å². The summed E-state index contributed by atoms with van der Waals surface area (Å²) in [7, 11) is 0. The van der Waals surface area contributed by atoms with Crippen LogP contribution in [0.25, 0.3) is 11.2 Å². The first-order chi connectivity index (χ1) is 4.88. The van der Waals surface area contributed by atoms with Gasteiger partial charge in [-0.25, -0.2) is 4.98 Å². The Hall–Kier alpha value is -1.16. The van der Waals surface area contributed by atoms with Crippen LogP contribution in [0.3, 0.4) is 0 Å². The summed E-state index contributed by atoms with van der Waals surface area (Å²) in [6, 6.07) is 0. The molecule has 0 unspecified atom stereocenters. The Morgan fingerprint density at radius 3 is 3.00 bits per heavy atom. The fourth-order valence-electron chi connectivity index (χ4n) is 0.696. The molecule has 2 aromatic rings. The molecule has 0 N–H and O–H groups in total. The fraction of sp³-hybridized carbons (Fsp3) is 0. The standard InChI is InChI=1S/C5H2ClN4/c6-4-3-5(9-1-7-3)10-2-8-4/h1-2H/q-1. The zero-order valence-corrected chi connectivity index (χ0v) is 5.58. The quantitative estimate of drug-likeness (QED) is 0.521. The molecule has 0 radical (unpaired) electrons. The SMILES string of the molecule is Clc1ncnc2[n-]cnc12. The normalized spacial score (nSPS) is 10.5. The van der Waals surface area contributed by atoms with Crippen molar-refractivity contribution < 1.29 is 0 Å². The van der Waals surface area contributed by atoms with E-state index in [0.717, 1.165) is 0 Å². The molecule has 0 bridgehead atoms. The summed E-state index contributed by atoms with van der Waals surface area (Å²) >= 11 is 5.64. The van der Waals surface area contributed by atoms with Crippen LogP contribution >= 0.6 is 11.6 Å². The molecule has 10 heavy (non-hydrogen) atoms. The Labute approximate surface area is 61.3 Å². The lowest BCUT2D eigenvalue weighted by atomic mass is 10.6. The zero-order chi connectivity index (χ0) is 6.97. The summed E-state index contributed by atoms with van der Waals surface area (Å²) < 4.78 is 0. The van der Waals surface area contributed by atoms with Crippen molar-refractivity contribution in [1.29, 1.82) is 0 Å². The highest BCUT2D eigenvalue weighted by Gasteiger charge is 1.92. The highest BCUT2D eigenvalue weighted by Crippen LogP contribution is 2.12. The molecule has 0 spiro atoms. The van der Waals surface area contributed by atoms with Crippen LogP contribution in [0, 0.1) is 0 Å². The van der Waals surface area contributed by atoms with Crippen LogP contribution < -0.4 is 4.98 Å². The second-order valence-electron chi connectivity index (χ2n) is 1.71.